The van der Waals surface area contributed by atoms with Crippen LogP contribution in [0, 0.1) is 23.8 Å². The number of nitriles is 1. The predicted molar refractivity (Wildman–Crippen MR) is 22.6 cm³/mol. The highest BCUT2D eigenvalue weighted by Gasteiger charge is 1.85. The van der Waals surface area contributed by atoms with E-state index >= 15 is 0 Å². The van der Waals surface area contributed by atoms with E-state index in [2.05, 4.69) is 6.42 Å². The van der Waals surface area contributed by atoms with Gasteiger partial charge >= 0.3 is 5.91 Å². The topological polar surface area (TPSA) is 52.9 Å². The normalized spacial score (nSPS) is 5.43. The highest BCUT2D eigenvalue weighted by molar-refractivity contribution is 5.93. The zero-order valence-electron chi connectivity index (χ0n) is 3.43. The fourth-order valence-electron chi connectivity index (χ4n) is 0.0869. The second kappa shape index (κ2) is 2.74. The van der Waals surface area contributed by atoms with Crippen molar-refractivity contribution in [2.45, 2.75) is 0 Å². The fraction of sp³-hybridized carbons (Fsp3) is 0. The Morgan fingerprint density at radius 2 is 2.43 bits per heavy atom. The lowest BCUT2D eigenvalue weighted by atomic mass is 10.6. The van der Waals surface area contributed by atoms with Gasteiger partial charge in [0.25, 0.3) is 0 Å². The summed E-state index contributed by atoms with van der Waals surface area (Å²) < 4.78 is 0. The maximum Gasteiger partial charge on any atom is 0.308 e. The number of nitrogens with one attached hydrogen (secondary N) is 1. The minimum absolute atomic E-state index is 0.706. The van der Waals surface area contributed by atoms with Crippen molar-refractivity contribution in [1.29, 1.82) is 5.26 Å². The van der Waals surface area contributed by atoms with Gasteiger partial charge in [0.2, 0.25) is 0 Å². The number of rotatable bonds is 0. The van der Waals surface area contributed by atoms with Gasteiger partial charge in [-0.3, -0.25) is 10.1 Å². The summed E-state index contributed by atoms with van der Waals surface area (Å²) in [5, 5.41) is 9.42. The van der Waals surface area contributed by atoms with Crippen LogP contribution in [0.3, 0.4) is 0 Å². The molecule has 0 unspecified atom stereocenters. The molecule has 0 atom stereocenters. The van der Waals surface area contributed by atoms with Gasteiger partial charge < -0.3 is 0 Å². The summed E-state index contributed by atoms with van der Waals surface area (Å²) in [7, 11) is 0. The number of nitrogens with zero attached hydrogens (tertiary/aromatic N) is 1. The molecule has 0 radical (unpaired) electrons. The predicted octanol–water partition coefficient (Wildman–Crippen LogP) is -0.783. The van der Waals surface area contributed by atoms with Gasteiger partial charge in [0.15, 0.2) is 6.19 Å². The Hall–Kier alpha value is -1.48. The Morgan fingerprint density at radius 3 is 2.57 bits per heavy atom. The third kappa shape index (κ3) is 2.32. The Morgan fingerprint density at radius 1 is 1.86 bits per heavy atom. The van der Waals surface area contributed by atoms with Crippen molar-refractivity contribution >= 4 is 5.91 Å². The summed E-state index contributed by atoms with van der Waals surface area (Å²) in [5.41, 5.74) is 0. The lowest BCUT2D eigenvalue weighted by Gasteiger charge is -1.75. The first kappa shape index (κ1) is 5.52. The number of hydrogen-bond acceptors (Lipinski definition) is 2. The first-order valence-corrected chi connectivity index (χ1v) is 1.47. The van der Waals surface area contributed by atoms with Crippen molar-refractivity contribution in [3.8, 4) is 18.5 Å². The summed E-state index contributed by atoms with van der Waals surface area (Å²) in [5.74, 6) is 0.987. The largest absolute Gasteiger partial charge is 0.308 e. The molecule has 0 rings (SSSR count). The van der Waals surface area contributed by atoms with Crippen LogP contribution in [0.1, 0.15) is 0 Å². The second-order valence-electron chi connectivity index (χ2n) is 0.710. The summed E-state index contributed by atoms with van der Waals surface area (Å²) in [6.45, 7) is 0. The van der Waals surface area contributed by atoms with E-state index in [9.17, 15) is 4.79 Å². The molecule has 0 bridgehead atoms. The first-order valence-electron chi connectivity index (χ1n) is 1.47. The average Bonchev–Trinajstić information content (AvgIpc) is 1.68. The zero-order valence-corrected chi connectivity index (χ0v) is 3.43. The molecule has 0 aromatic rings. The van der Waals surface area contributed by atoms with Crippen LogP contribution >= 0.6 is 0 Å². The molecule has 1 N–H and O–H groups in total. The quantitative estimate of drug-likeness (QED) is 0.243. The molecule has 0 aliphatic rings. The minimum Gasteiger partial charge on any atom is -0.258 e. The Bertz CT molecular complexity index is 148. The maximum atomic E-state index is 9.84. The van der Waals surface area contributed by atoms with Crippen molar-refractivity contribution < 1.29 is 4.79 Å². The molecule has 34 valence electrons. The maximum absolute atomic E-state index is 9.84. The lowest BCUT2D eigenvalue weighted by Crippen LogP contribution is -2.13. The van der Waals surface area contributed by atoms with Gasteiger partial charge in [-0.25, -0.2) is 0 Å². The molecule has 3 heteroatoms. The van der Waals surface area contributed by atoms with Gasteiger partial charge in [-0.1, -0.05) is 0 Å². The number of carbonyl (C=O) groups excluding carboxylic acids is 1. The van der Waals surface area contributed by atoms with Crippen LogP contribution in [-0.2, 0) is 4.79 Å². The molecule has 0 saturated carbocycles. The molecule has 7 heavy (non-hydrogen) atoms. The Labute approximate surface area is 40.9 Å². The monoisotopic (exact) mass is 94.0 g/mol. The molecule has 0 saturated heterocycles. The van der Waals surface area contributed by atoms with E-state index in [-0.39, 0.29) is 0 Å². The molecule has 1 amide bonds. The van der Waals surface area contributed by atoms with Crippen LogP contribution in [0.15, 0.2) is 0 Å². The van der Waals surface area contributed by atoms with Crippen LogP contribution in [-0.4, -0.2) is 5.91 Å². The van der Waals surface area contributed by atoms with E-state index in [4.69, 9.17) is 5.26 Å². The summed E-state index contributed by atoms with van der Waals surface area (Å²) in [4.78, 5) is 9.84. The Kier molecular flexibility index (Phi) is 2.16. The molecule has 0 aliphatic heterocycles. The van der Waals surface area contributed by atoms with Gasteiger partial charge in [-0.05, 0) is 5.92 Å². The molecule has 0 aromatic carbocycles. The highest BCUT2D eigenvalue weighted by Crippen LogP contribution is 1.51. The first-order chi connectivity index (χ1) is 3.31. The van der Waals surface area contributed by atoms with Crippen molar-refractivity contribution in [2.75, 3.05) is 0 Å². The van der Waals surface area contributed by atoms with Gasteiger partial charge in [0.05, 0.1) is 0 Å². The van der Waals surface area contributed by atoms with Crippen LogP contribution in [0.5, 0.6) is 0 Å². The SMILES string of the molecule is C#CC(=O)NC#N. The third-order valence-electron chi connectivity index (χ3n) is 0.301. The number of terminal acetylenes is 1. The van der Waals surface area contributed by atoms with E-state index in [1.165, 1.54) is 6.19 Å². The number of carbonyl (C=O) groups is 1. The van der Waals surface area contributed by atoms with Gasteiger partial charge in [0, 0.05) is 0 Å². The van der Waals surface area contributed by atoms with Crippen molar-refractivity contribution in [3.63, 3.8) is 0 Å². The lowest BCUT2D eigenvalue weighted by molar-refractivity contribution is -0.114. The molecule has 0 spiro atoms. The third-order valence-corrected chi connectivity index (χ3v) is 0.301. The van der Waals surface area contributed by atoms with E-state index in [1.807, 2.05) is 0 Å². The smallest absolute Gasteiger partial charge is 0.258 e. The van der Waals surface area contributed by atoms with Gasteiger partial charge in [-0.15, -0.1) is 6.42 Å². The van der Waals surface area contributed by atoms with Crippen LogP contribution in [0.2, 0.25) is 0 Å². The van der Waals surface area contributed by atoms with Crippen LogP contribution in [0.25, 0.3) is 0 Å². The molecule has 0 heterocycles. The number of amides is 1. The fourth-order valence-corrected chi connectivity index (χ4v) is 0.0869. The van der Waals surface area contributed by atoms with E-state index in [0.717, 1.165) is 0 Å². The average molecular weight is 94.1 g/mol. The minimum atomic E-state index is -0.706. The van der Waals surface area contributed by atoms with E-state index < -0.39 is 5.91 Å². The van der Waals surface area contributed by atoms with E-state index in [1.54, 1.807) is 11.2 Å². The van der Waals surface area contributed by atoms with Gasteiger partial charge in [0.1, 0.15) is 0 Å². The summed E-state index contributed by atoms with van der Waals surface area (Å²) in [6, 6.07) is 0. The molecule has 0 aliphatic carbocycles. The van der Waals surface area contributed by atoms with Crippen molar-refractivity contribution in [2.24, 2.45) is 0 Å². The van der Waals surface area contributed by atoms with E-state index in [0.29, 0.717) is 0 Å². The van der Waals surface area contributed by atoms with Crippen molar-refractivity contribution in [1.82, 2.24) is 5.32 Å². The van der Waals surface area contributed by atoms with Crippen LogP contribution in [0.4, 0.5) is 0 Å². The standard InChI is InChI=1S/C4H2N2O/c1-2-4(7)6-3-5/h1H,(H,6,7). The molecule has 0 aromatic heterocycles. The highest BCUT2D eigenvalue weighted by atomic mass is 16.1. The molecular formula is C4H2N2O. The second-order valence-corrected chi connectivity index (χ2v) is 0.710. The van der Waals surface area contributed by atoms with Crippen molar-refractivity contribution in [3.05, 3.63) is 0 Å². The zero-order chi connectivity index (χ0) is 5.70. The molecule has 0 fully saturated rings. The number of hydrogen-bond donors (Lipinski definition) is 1. The molecular weight excluding hydrogens is 92.1 g/mol. The van der Waals surface area contributed by atoms with Gasteiger partial charge in [-0.2, -0.15) is 5.26 Å². The summed E-state index contributed by atoms with van der Waals surface area (Å²) >= 11 is 0. The summed E-state index contributed by atoms with van der Waals surface area (Å²) in [6.07, 6.45) is 5.92. The Balaban J connectivity index is 3.50. The molecule has 3 nitrogen and oxygen atoms in total. The van der Waals surface area contributed by atoms with Crippen LogP contribution < -0.4 is 5.32 Å².